The van der Waals surface area contributed by atoms with Crippen LogP contribution in [0.5, 0.6) is 0 Å². The van der Waals surface area contributed by atoms with Crippen molar-refractivity contribution in [1.82, 2.24) is 9.88 Å². The Morgan fingerprint density at radius 1 is 1.39 bits per heavy atom. The lowest BCUT2D eigenvalue weighted by Crippen LogP contribution is -2.34. The molecule has 0 bridgehead atoms. The number of carbonyl (C=O) groups excluding carboxylic acids is 1. The molecule has 1 aromatic rings. The Kier molecular flexibility index (Phi) is 3.66. The summed E-state index contributed by atoms with van der Waals surface area (Å²) in [5.41, 5.74) is 0.703. The normalized spacial score (nSPS) is 24.7. The van der Waals surface area contributed by atoms with Crippen molar-refractivity contribution in [3.05, 3.63) is 29.6 Å². The van der Waals surface area contributed by atoms with Gasteiger partial charge in [-0.25, -0.2) is 4.98 Å². The topological polar surface area (TPSA) is 53.4 Å². The number of aliphatic hydroxyl groups is 1. The number of aromatic nitrogens is 1. The van der Waals surface area contributed by atoms with Crippen LogP contribution in [0.2, 0.25) is 0 Å². The van der Waals surface area contributed by atoms with Gasteiger partial charge in [0.1, 0.15) is 5.69 Å². The number of hydrogen-bond acceptors (Lipinski definition) is 3. The zero-order chi connectivity index (χ0) is 13.2. The second kappa shape index (κ2) is 5.06. The molecule has 0 spiro atoms. The molecule has 2 heterocycles. The zero-order valence-electron chi connectivity index (χ0n) is 11.0. The molecule has 18 heavy (non-hydrogen) atoms. The summed E-state index contributed by atoms with van der Waals surface area (Å²) in [7, 11) is 0. The molecule has 1 fully saturated rings. The highest BCUT2D eigenvalue weighted by molar-refractivity contribution is 5.92. The Morgan fingerprint density at radius 3 is 2.89 bits per heavy atom. The summed E-state index contributed by atoms with van der Waals surface area (Å²) in [4.78, 5) is 18.4. The van der Waals surface area contributed by atoms with Crippen LogP contribution in [0, 0.1) is 6.92 Å². The number of carbonyl (C=O) groups is 1. The summed E-state index contributed by atoms with van der Waals surface area (Å²) in [6.07, 6.45) is 2.22. The third kappa shape index (κ3) is 3.07. The average Bonchev–Trinajstić information content (AvgIpc) is 2.49. The van der Waals surface area contributed by atoms with Crippen molar-refractivity contribution in [2.45, 2.75) is 38.7 Å². The molecule has 1 aliphatic heterocycles. The van der Waals surface area contributed by atoms with Crippen LogP contribution in [0.25, 0.3) is 0 Å². The fourth-order valence-corrected chi connectivity index (χ4v) is 2.29. The van der Waals surface area contributed by atoms with Crippen LogP contribution in [0.1, 0.15) is 42.4 Å². The van der Waals surface area contributed by atoms with E-state index in [1.54, 1.807) is 11.0 Å². The van der Waals surface area contributed by atoms with Crippen molar-refractivity contribution >= 4 is 5.91 Å². The third-order valence-electron chi connectivity index (χ3n) is 3.46. The second-order valence-corrected chi connectivity index (χ2v) is 5.31. The number of nitrogens with zero attached hydrogens (tertiary/aromatic N) is 2. The zero-order valence-corrected chi connectivity index (χ0v) is 11.0. The first kappa shape index (κ1) is 13.0. The Morgan fingerprint density at radius 2 is 2.17 bits per heavy atom. The van der Waals surface area contributed by atoms with Gasteiger partial charge < -0.3 is 10.0 Å². The van der Waals surface area contributed by atoms with Crippen LogP contribution in [0.4, 0.5) is 0 Å². The molecule has 0 aromatic carbocycles. The molecular formula is C14H20N2O2. The first-order valence-corrected chi connectivity index (χ1v) is 6.43. The summed E-state index contributed by atoms with van der Waals surface area (Å²) in [5.74, 6) is -0.0311. The quantitative estimate of drug-likeness (QED) is 0.824. The van der Waals surface area contributed by atoms with Gasteiger partial charge in [0.2, 0.25) is 0 Å². The summed E-state index contributed by atoms with van der Waals surface area (Å²) < 4.78 is 0. The van der Waals surface area contributed by atoms with Gasteiger partial charge in [-0.3, -0.25) is 4.79 Å². The van der Waals surface area contributed by atoms with E-state index in [1.165, 1.54) is 0 Å². The van der Waals surface area contributed by atoms with Crippen LogP contribution in [0.3, 0.4) is 0 Å². The SMILES string of the molecule is Cc1cccc(C(=O)N2CCCC(C)(O)CC2)n1. The fourth-order valence-electron chi connectivity index (χ4n) is 2.29. The maximum Gasteiger partial charge on any atom is 0.272 e. The van der Waals surface area contributed by atoms with Crippen molar-refractivity contribution in [3.8, 4) is 0 Å². The third-order valence-corrected chi connectivity index (χ3v) is 3.46. The van der Waals surface area contributed by atoms with E-state index in [0.717, 1.165) is 18.5 Å². The average molecular weight is 248 g/mol. The minimum Gasteiger partial charge on any atom is -0.390 e. The van der Waals surface area contributed by atoms with Crippen molar-refractivity contribution in [1.29, 1.82) is 0 Å². The molecule has 1 aromatic heterocycles. The number of rotatable bonds is 1. The summed E-state index contributed by atoms with van der Waals surface area (Å²) in [6, 6.07) is 5.48. The lowest BCUT2D eigenvalue weighted by Gasteiger charge is -2.22. The molecule has 98 valence electrons. The van der Waals surface area contributed by atoms with E-state index in [0.29, 0.717) is 25.2 Å². The van der Waals surface area contributed by atoms with Gasteiger partial charge in [0.05, 0.1) is 5.60 Å². The number of pyridine rings is 1. The van der Waals surface area contributed by atoms with E-state index in [2.05, 4.69) is 4.98 Å². The smallest absolute Gasteiger partial charge is 0.272 e. The van der Waals surface area contributed by atoms with Crippen LogP contribution < -0.4 is 0 Å². The van der Waals surface area contributed by atoms with Crippen molar-refractivity contribution in [3.63, 3.8) is 0 Å². The van der Waals surface area contributed by atoms with Gasteiger partial charge >= 0.3 is 0 Å². The lowest BCUT2D eigenvalue weighted by molar-refractivity contribution is 0.0437. The molecule has 0 radical (unpaired) electrons. The Bertz CT molecular complexity index is 443. The predicted molar refractivity (Wildman–Crippen MR) is 69.4 cm³/mol. The summed E-state index contributed by atoms with van der Waals surface area (Å²) in [5, 5.41) is 10.0. The van der Waals surface area contributed by atoms with Crippen molar-refractivity contribution < 1.29 is 9.90 Å². The van der Waals surface area contributed by atoms with E-state index < -0.39 is 5.60 Å². The largest absolute Gasteiger partial charge is 0.390 e. The van der Waals surface area contributed by atoms with Crippen LogP contribution in [0.15, 0.2) is 18.2 Å². The van der Waals surface area contributed by atoms with E-state index in [-0.39, 0.29) is 5.91 Å². The summed E-state index contributed by atoms with van der Waals surface area (Å²) in [6.45, 7) is 5.02. The van der Waals surface area contributed by atoms with Gasteiger partial charge in [0.15, 0.2) is 0 Å². The molecule has 1 saturated heterocycles. The Balaban J connectivity index is 2.10. The molecule has 1 atom stereocenters. The van der Waals surface area contributed by atoms with E-state index in [4.69, 9.17) is 0 Å². The van der Waals surface area contributed by atoms with Gasteiger partial charge in [0.25, 0.3) is 5.91 Å². The predicted octanol–water partition coefficient (Wildman–Crippen LogP) is 1.77. The van der Waals surface area contributed by atoms with Gasteiger partial charge in [-0.15, -0.1) is 0 Å². The monoisotopic (exact) mass is 248 g/mol. The van der Waals surface area contributed by atoms with Gasteiger partial charge in [-0.2, -0.15) is 0 Å². The molecule has 1 amide bonds. The standard InChI is InChI=1S/C14H20N2O2/c1-11-5-3-6-12(15-11)13(17)16-9-4-7-14(2,18)8-10-16/h3,5-6,18H,4,7-10H2,1-2H3. The molecule has 0 saturated carbocycles. The number of amides is 1. The molecule has 2 rings (SSSR count). The molecule has 0 aliphatic carbocycles. The fraction of sp³-hybridized carbons (Fsp3) is 0.571. The highest BCUT2D eigenvalue weighted by atomic mass is 16.3. The first-order valence-electron chi connectivity index (χ1n) is 6.43. The molecule has 4 nitrogen and oxygen atoms in total. The van der Waals surface area contributed by atoms with Crippen molar-refractivity contribution in [2.75, 3.05) is 13.1 Å². The number of aryl methyl sites for hydroxylation is 1. The van der Waals surface area contributed by atoms with Gasteiger partial charge in [-0.1, -0.05) is 6.07 Å². The molecule has 1 aliphatic rings. The van der Waals surface area contributed by atoms with Crippen LogP contribution in [-0.4, -0.2) is 39.6 Å². The lowest BCUT2D eigenvalue weighted by atomic mass is 9.98. The maximum atomic E-state index is 12.3. The van der Waals surface area contributed by atoms with E-state index >= 15 is 0 Å². The van der Waals surface area contributed by atoms with Crippen LogP contribution in [-0.2, 0) is 0 Å². The van der Waals surface area contributed by atoms with Crippen LogP contribution >= 0.6 is 0 Å². The molecule has 1 N–H and O–H groups in total. The van der Waals surface area contributed by atoms with Gasteiger partial charge in [0, 0.05) is 18.8 Å². The Labute approximate surface area is 108 Å². The summed E-state index contributed by atoms with van der Waals surface area (Å²) >= 11 is 0. The maximum absolute atomic E-state index is 12.3. The van der Waals surface area contributed by atoms with Gasteiger partial charge in [-0.05, 0) is 45.2 Å². The highest BCUT2D eigenvalue weighted by Crippen LogP contribution is 2.22. The van der Waals surface area contributed by atoms with Crippen molar-refractivity contribution in [2.24, 2.45) is 0 Å². The molecule has 1 unspecified atom stereocenters. The minimum atomic E-state index is -0.644. The minimum absolute atomic E-state index is 0.0311. The van der Waals surface area contributed by atoms with E-state index in [9.17, 15) is 9.90 Å². The highest BCUT2D eigenvalue weighted by Gasteiger charge is 2.27. The number of likely N-dealkylation sites (tertiary alicyclic amines) is 1. The first-order chi connectivity index (χ1) is 8.48. The van der Waals surface area contributed by atoms with E-state index in [1.807, 2.05) is 26.0 Å². The number of hydrogen-bond donors (Lipinski definition) is 1. The molecule has 4 heteroatoms. The molecular weight excluding hydrogens is 228 g/mol. The Hall–Kier alpha value is -1.42. The second-order valence-electron chi connectivity index (χ2n) is 5.31.